The van der Waals surface area contributed by atoms with Crippen molar-refractivity contribution in [2.45, 2.75) is 59.0 Å². The zero-order valence-corrected chi connectivity index (χ0v) is 29.8. The fraction of sp³-hybridized carbons (Fsp3) is 0.375. The van der Waals surface area contributed by atoms with Gasteiger partial charge in [0.15, 0.2) is 0 Å². The number of likely N-dealkylation sites (tertiary alicyclic amines) is 1. The number of carbonyl (C=O) groups is 1. The molecular formula is C40H43ClN4O6. The standard InChI is InChI=1S/C40H43ClN4O6/c1-26-30(6-3-7-32(26)33-8-4-9-36(27(33)2)49-15-5-12-44-13-10-31(46)21-44)25-51-38-17-37(50-24-29-16-28(18-42)19-43-20-29)35-22-45(23-39(47)48)14-11-34(35)40(38)41/h3-4,6-9,16-17,19-20,31,46H,5,10-15,21-25H2,1-2H3,(H,47,48). The number of aliphatic hydroxyl groups is 1. The minimum atomic E-state index is -0.895. The van der Waals surface area contributed by atoms with E-state index in [4.69, 9.17) is 25.8 Å². The number of aliphatic carboxylic acids is 1. The van der Waals surface area contributed by atoms with Crippen LogP contribution in [-0.2, 0) is 31.0 Å². The van der Waals surface area contributed by atoms with Gasteiger partial charge in [0.2, 0.25) is 0 Å². The van der Waals surface area contributed by atoms with E-state index in [1.54, 1.807) is 18.3 Å². The van der Waals surface area contributed by atoms with Gasteiger partial charge in [-0.05, 0) is 78.6 Å². The largest absolute Gasteiger partial charge is 0.493 e. The van der Waals surface area contributed by atoms with Gasteiger partial charge in [-0.2, -0.15) is 5.26 Å². The average Bonchev–Trinajstić information content (AvgIpc) is 3.55. The second-order valence-corrected chi connectivity index (χ2v) is 13.6. The van der Waals surface area contributed by atoms with Crippen LogP contribution in [0, 0.1) is 25.2 Å². The molecule has 10 nitrogen and oxygen atoms in total. The van der Waals surface area contributed by atoms with Crippen molar-refractivity contribution in [1.82, 2.24) is 14.8 Å². The molecule has 2 N–H and O–H groups in total. The maximum atomic E-state index is 11.5. The van der Waals surface area contributed by atoms with Crippen molar-refractivity contribution in [1.29, 1.82) is 5.26 Å². The van der Waals surface area contributed by atoms with Gasteiger partial charge in [0, 0.05) is 62.3 Å². The number of hydrogen-bond donors (Lipinski definition) is 2. The van der Waals surface area contributed by atoms with E-state index in [0.29, 0.717) is 48.2 Å². The molecule has 0 radical (unpaired) electrons. The van der Waals surface area contributed by atoms with Gasteiger partial charge in [-0.3, -0.25) is 14.7 Å². The molecule has 1 unspecified atom stereocenters. The van der Waals surface area contributed by atoms with Crippen LogP contribution in [0.1, 0.15) is 51.8 Å². The summed E-state index contributed by atoms with van der Waals surface area (Å²) in [4.78, 5) is 19.8. The molecule has 0 spiro atoms. The summed E-state index contributed by atoms with van der Waals surface area (Å²) < 4.78 is 19.0. The molecule has 11 heteroatoms. The van der Waals surface area contributed by atoms with E-state index >= 15 is 0 Å². The number of nitrogens with zero attached hydrogens (tertiary/aromatic N) is 4. The summed E-state index contributed by atoms with van der Waals surface area (Å²) in [6.45, 7) is 8.65. The summed E-state index contributed by atoms with van der Waals surface area (Å²) >= 11 is 6.99. The Balaban J connectivity index is 1.19. The summed E-state index contributed by atoms with van der Waals surface area (Å²) in [7, 11) is 0. The highest BCUT2D eigenvalue weighted by Gasteiger charge is 2.27. The van der Waals surface area contributed by atoms with E-state index in [1.165, 1.54) is 6.20 Å². The number of pyridine rings is 1. The van der Waals surface area contributed by atoms with Gasteiger partial charge in [-0.1, -0.05) is 41.9 Å². The third-order valence-corrected chi connectivity index (χ3v) is 10.1. The highest BCUT2D eigenvalue weighted by atomic mass is 35.5. The first kappa shape index (κ1) is 36.1. The number of fused-ring (bicyclic) bond motifs is 1. The molecule has 1 fully saturated rings. The lowest BCUT2D eigenvalue weighted by Gasteiger charge is -2.30. The Hall–Kier alpha value is -4.66. The molecule has 266 valence electrons. The molecule has 2 aliphatic heterocycles. The number of aromatic nitrogens is 1. The highest BCUT2D eigenvalue weighted by molar-refractivity contribution is 6.33. The molecule has 6 rings (SSSR count). The number of carboxylic acids is 1. The fourth-order valence-corrected chi connectivity index (χ4v) is 7.21. The molecular weight excluding hydrogens is 668 g/mol. The number of aliphatic hydroxyl groups excluding tert-OH is 1. The van der Waals surface area contributed by atoms with Gasteiger partial charge in [-0.25, -0.2) is 0 Å². The molecule has 3 aromatic carbocycles. The van der Waals surface area contributed by atoms with E-state index in [1.807, 2.05) is 29.2 Å². The van der Waals surface area contributed by atoms with Crippen LogP contribution in [0.25, 0.3) is 11.1 Å². The maximum Gasteiger partial charge on any atom is 0.317 e. The fourth-order valence-electron chi connectivity index (χ4n) is 6.89. The molecule has 51 heavy (non-hydrogen) atoms. The second-order valence-electron chi connectivity index (χ2n) is 13.2. The van der Waals surface area contributed by atoms with Gasteiger partial charge >= 0.3 is 5.97 Å². The van der Waals surface area contributed by atoms with Crippen LogP contribution in [0.4, 0.5) is 0 Å². The zero-order valence-electron chi connectivity index (χ0n) is 29.0. The number of nitriles is 1. The average molecular weight is 711 g/mol. The Kier molecular flexibility index (Phi) is 11.7. The summed E-state index contributed by atoms with van der Waals surface area (Å²) in [5.41, 5.74) is 8.24. The number of benzene rings is 3. The second kappa shape index (κ2) is 16.6. The van der Waals surface area contributed by atoms with E-state index in [0.717, 1.165) is 82.7 Å². The third kappa shape index (κ3) is 8.81. The maximum absolute atomic E-state index is 11.5. The van der Waals surface area contributed by atoms with Gasteiger partial charge < -0.3 is 29.3 Å². The van der Waals surface area contributed by atoms with Crippen LogP contribution < -0.4 is 14.2 Å². The van der Waals surface area contributed by atoms with Crippen molar-refractivity contribution < 1.29 is 29.2 Å². The number of carboxylic acid groups (broad SMARTS) is 1. The van der Waals surface area contributed by atoms with Gasteiger partial charge in [-0.15, -0.1) is 0 Å². The molecule has 1 aromatic heterocycles. The molecule has 1 saturated heterocycles. The van der Waals surface area contributed by atoms with Crippen molar-refractivity contribution in [3.05, 3.63) is 105 Å². The van der Waals surface area contributed by atoms with Crippen LogP contribution in [0.5, 0.6) is 17.2 Å². The number of halogens is 1. The topological polar surface area (TPSA) is 128 Å². The minimum absolute atomic E-state index is 0.0858. The Morgan fingerprint density at radius 3 is 2.51 bits per heavy atom. The Bertz CT molecular complexity index is 1930. The van der Waals surface area contributed by atoms with Gasteiger partial charge in [0.05, 0.1) is 29.8 Å². The number of hydrogen-bond acceptors (Lipinski definition) is 9. The molecule has 4 aromatic rings. The van der Waals surface area contributed by atoms with Crippen LogP contribution in [0.3, 0.4) is 0 Å². The monoisotopic (exact) mass is 710 g/mol. The molecule has 1 atom stereocenters. The van der Waals surface area contributed by atoms with Crippen LogP contribution in [0.2, 0.25) is 5.02 Å². The Morgan fingerprint density at radius 1 is 0.961 bits per heavy atom. The first-order valence-corrected chi connectivity index (χ1v) is 17.7. The first-order valence-electron chi connectivity index (χ1n) is 17.3. The van der Waals surface area contributed by atoms with Crippen LogP contribution in [-0.4, -0.2) is 76.4 Å². The summed E-state index contributed by atoms with van der Waals surface area (Å²) in [5, 5.41) is 29.0. The number of rotatable bonds is 14. The lowest BCUT2D eigenvalue weighted by atomic mass is 9.93. The van der Waals surface area contributed by atoms with Crippen LogP contribution in [0.15, 0.2) is 60.9 Å². The first-order chi connectivity index (χ1) is 24.7. The molecule has 0 saturated carbocycles. The van der Waals surface area contributed by atoms with Crippen molar-refractivity contribution in [3.8, 4) is 34.4 Å². The smallest absolute Gasteiger partial charge is 0.317 e. The van der Waals surface area contributed by atoms with Gasteiger partial charge in [0.25, 0.3) is 0 Å². The Labute approximate surface area is 303 Å². The number of ether oxygens (including phenoxy) is 3. The normalized spacial score (nSPS) is 16.0. The van der Waals surface area contributed by atoms with E-state index in [-0.39, 0.29) is 25.9 Å². The summed E-state index contributed by atoms with van der Waals surface area (Å²) in [6.07, 6.45) is 5.23. The summed E-state index contributed by atoms with van der Waals surface area (Å²) in [6, 6.07) is 17.9. The van der Waals surface area contributed by atoms with Crippen molar-refractivity contribution in [3.63, 3.8) is 0 Å². The molecule has 3 heterocycles. The summed E-state index contributed by atoms with van der Waals surface area (Å²) in [5.74, 6) is 1.01. The van der Waals surface area contributed by atoms with Crippen molar-refractivity contribution in [2.24, 2.45) is 0 Å². The van der Waals surface area contributed by atoms with E-state index < -0.39 is 5.97 Å². The van der Waals surface area contributed by atoms with E-state index in [9.17, 15) is 20.3 Å². The third-order valence-electron chi connectivity index (χ3n) is 9.67. The van der Waals surface area contributed by atoms with Crippen LogP contribution >= 0.6 is 11.6 Å². The molecule has 0 amide bonds. The predicted molar refractivity (Wildman–Crippen MR) is 194 cm³/mol. The highest BCUT2D eigenvalue weighted by Crippen LogP contribution is 2.41. The lowest BCUT2D eigenvalue weighted by Crippen LogP contribution is -2.35. The molecule has 0 bridgehead atoms. The molecule has 2 aliphatic rings. The minimum Gasteiger partial charge on any atom is -0.493 e. The SMILES string of the molecule is Cc1c(COc2cc(OCc3cncc(C#N)c3)c3c(c2Cl)CCN(CC(=O)O)C3)cccc1-c1cccc(OCCCN2CCC(O)C2)c1C. The number of β-amino-alcohol motifs (C(OH)–C–C–N with tert-alkyl or cyclic N) is 1. The van der Waals surface area contributed by atoms with Crippen molar-refractivity contribution >= 4 is 17.6 Å². The Morgan fingerprint density at radius 2 is 1.75 bits per heavy atom. The van der Waals surface area contributed by atoms with Crippen molar-refractivity contribution in [2.75, 3.05) is 39.3 Å². The quantitative estimate of drug-likeness (QED) is 0.143. The van der Waals surface area contributed by atoms with Gasteiger partial charge in [0.1, 0.15) is 36.5 Å². The molecule has 0 aliphatic carbocycles. The lowest BCUT2D eigenvalue weighted by molar-refractivity contribution is -0.138. The zero-order chi connectivity index (χ0) is 35.9. The predicted octanol–water partition coefficient (Wildman–Crippen LogP) is 6.33. The van der Waals surface area contributed by atoms with E-state index in [2.05, 4.69) is 41.9 Å².